The molecule has 0 aromatic carbocycles. The zero-order valence-corrected chi connectivity index (χ0v) is 9.82. The molecule has 0 saturated heterocycles. The number of nitrogens with one attached hydrogen (secondary N) is 1. The van der Waals surface area contributed by atoms with Gasteiger partial charge in [0.05, 0.1) is 18.5 Å². The van der Waals surface area contributed by atoms with E-state index in [4.69, 9.17) is 0 Å². The largest absolute Gasteiger partial charge is 0.392 e. The van der Waals surface area contributed by atoms with Crippen LogP contribution in [0.4, 0.5) is 5.69 Å². The highest BCUT2D eigenvalue weighted by atomic mass is 16.3. The summed E-state index contributed by atoms with van der Waals surface area (Å²) in [6.45, 7) is 2.34. The van der Waals surface area contributed by atoms with Gasteiger partial charge in [0.15, 0.2) is 0 Å². The molecule has 0 radical (unpaired) electrons. The van der Waals surface area contributed by atoms with Gasteiger partial charge < -0.3 is 10.4 Å². The summed E-state index contributed by atoms with van der Waals surface area (Å²) >= 11 is 0. The average Bonchev–Trinajstić information content (AvgIpc) is 2.77. The van der Waals surface area contributed by atoms with Crippen molar-refractivity contribution >= 4 is 5.69 Å². The van der Waals surface area contributed by atoms with Gasteiger partial charge in [0.25, 0.3) is 0 Å². The van der Waals surface area contributed by atoms with Crippen molar-refractivity contribution in [3.63, 3.8) is 0 Å². The molecule has 1 aliphatic rings. The van der Waals surface area contributed by atoms with E-state index in [1.807, 2.05) is 12.3 Å². The van der Waals surface area contributed by atoms with E-state index in [1.54, 1.807) is 6.20 Å². The zero-order chi connectivity index (χ0) is 11.4. The van der Waals surface area contributed by atoms with Crippen LogP contribution in [0.1, 0.15) is 38.2 Å². The lowest BCUT2D eigenvalue weighted by molar-refractivity contribution is 0.282. The molecule has 3 nitrogen and oxygen atoms in total. The molecule has 2 unspecified atom stereocenters. The molecule has 1 aromatic rings. The molecule has 3 heteroatoms. The number of aliphatic hydroxyl groups is 1. The third-order valence-corrected chi connectivity index (χ3v) is 3.56. The van der Waals surface area contributed by atoms with Gasteiger partial charge in [-0.15, -0.1) is 0 Å². The lowest BCUT2D eigenvalue weighted by Crippen LogP contribution is -2.16. The molecule has 1 saturated carbocycles. The van der Waals surface area contributed by atoms with E-state index in [9.17, 15) is 5.11 Å². The van der Waals surface area contributed by atoms with Gasteiger partial charge in [-0.25, -0.2) is 0 Å². The van der Waals surface area contributed by atoms with E-state index in [1.165, 1.54) is 25.7 Å². The molecular formula is C13H20N2O. The van der Waals surface area contributed by atoms with Crippen molar-refractivity contribution in [3.8, 4) is 0 Å². The van der Waals surface area contributed by atoms with Crippen LogP contribution in [0.5, 0.6) is 0 Å². The first kappa shape index (κ1) is 11.4. The molecule has 1 fully saturated rings. The van der Waals surface area contributed by atoms with Crippen molar-refractivity contribution in [2.24, 2.45) is 5.92 Å². The van der Waals surface area contributed by atoms with Crippen LogP contribution < -0.4 is 5.32 Å². The summed E-state index contributed by atoms with van der Waals surface area (Å²) in [5.41, 5.74) is 1.93. The first-order chi connectivity index (χ1) is 7.83. The molecule has 1 aliphatic carbocycles. The maximum Gasteiger partial charge on any atom is 0.0703 e. The van der Waals surface area contributed by atoms with Crippen LogP contribution in [0.2, 0.25) is 0 Å². The van der Waals surface area contributed by atoms with Crippen LogP contribution in [-0.4, -0.2) is 16.1 Å². The highest BCUT2D eigenvalue weighted by molar-refractivity contribution is 5.49. The molecule has 1 heterocycles. The number of rotatable bonds is 4. The lowest BCUT2D eigenvalue weighted by Gasteiger charge is -2.16. The minimum Gasteiger partial charge on any atom is -0.392 e. The Kier molecular flexibility index (Phi) is 3.78. The monoisotopic (exact) mass is 220 g/mol. The van der Waals surface area contributed by atoms with Gasteiger partial charge in [-0.2, -0.15) is 0 Å². The summed E-state index contributed by atoms with van der Waals surface area (Å²) in [7, 11) is 0. The number of aliphatic hydroxyl groups excluding tert-OH is 1. The second kappa shape index (κ2) is 5.30. The van der Waals surface area contributed by atoms with Crippen LogP contribution in [0.15, 0.2) is 18.5 Å². The van der Waals surface area contributed by atoms with Crippen LogP contribution in [0.25, 0.3) is 0 Å². The number of hydrogen-bond donors (Lipinski definition) is 2. The van der Waals surface area contributed by atoms with Gasteiger partial charge in [-0.3, -0.25) is 4.98 Å². The Morgan fingerprint density at radius 3 is 3.06 bits per heavy atom. The van der Waals surface area contributed by atoms with Gasteiger partial charge in [-0.05, 0) is 31.2 Å². The van der Waals surface area contributed by atoms with Gasteiger partial charge in [0, 0.05) is 17.8 Å². The van der Waals surface area contributed by atoms with Crippen molar-refractivity contribution < 1.29 is 5.11 Å². The predicted molar refractivity (Wildman–Crippen MR) is 65.2 cm³/mol. The lowest BCUT2D eigenvalue weighted by atomic mass is 10.1. The molecule has 2 rings (SSSR count). The second-order valence-electron chi connectivity index (χ2n) is 4.62. The maximum atomic E-state index is 9.22. The second-order valence-corrected chi connectivity index (χ2v) is 4.62. The molecule has 0 aliphatic heterocycles. The van der Waals surface area contributed by atoms with Gasteiger partial charge in [-0.1, -0.05) is 13.3 Å². The van der Waals surface area contributed by atoms with Crippen molar-refractivity contribution in [1.82, 2.24) is 4.98 Å². The SMILES string of the molecule is CCC1CCC(Nc2cnccc2CO)C1. The van der Waals surface area contributed by atoms with Crippen molar-refractivity contribution in [2.45, 2.75) is 45.3 Å². The Morgan fingerprint density at radius 1 is 1.50 bits per heavy atom. The summed E-state index contributed by atoms with van der Waals surface area (Å²) in [5, 5.41) is 12.7. The maximum absolute atomic E-state index is 9.22. The molecular weight excluding hydrogens is 200 g/mol. The van der Waals surface area contributed by atoms with Gasteiger partial charge in [0.2, 0.25) is 0 Å². The summed E-state index contributed by atoms with van der Waals surface area (Å²) < 4.78 is 0. The van der Waals surface area contributed by atoms with Crippen LogP contribution in [0, 0.1) is 5.92 Å². The van der Waals surface area contributed by atoms with E-state index < -0.39 is 0 Å². The number of hydrogen-bond acceptors (Lipinski definition) is 3. The number of nitrogens with zero attached hydrogens (tertiary/aromatic N) is 1. The summed E-state index contributed by atoms with van der Waals surface area (Å²) in [5.74, 6) is 0.867. The Morgan fingerprint density at radius 2 is 2.38 bits per heavy atom. The first-order valence-corrected chi connectivity index (χ1v) is 6.13. The number of aromatic nitrogens is 1. The van der Waals surface area contributed by atoms with Crippen molar-refractivity contribution in [3.05, 3.63) is 24.0 Å². The standard InChI is InChI=1S/C13H20N2O/c1-2-10-3-4-12(7-10)15-13-8-14-6-5-11(13)9-16/h5-6,8,10,12,15-16H,2-4,7,9H2,1H3. The first-order valence-electron chi connectivity index (χ1n) is 6.13. The van der Waals surface area contributed by atoms with Gasteiger partial charge in [0.1, 0.15) is 0 Å². The average molecular weight is 220 g/mol. The minimum absolute atomic E-state index is 0.0782. The van der Waals surface area contributed by atoms with Crippen LogP contribution in [0.3, 0.4) is 0 Å². The summed E-state index contributed by atoms with van der Waals surface area (Å²) in [6.07, 6.45) is 8.61. The van der Waals surface area contributed by atoms with Crippen LogP contribution in [-0.2, 0) is 6.61 Å². The van der Waals surface area contributed by atoms with E-state index in [0.29, 0.717) is 6.04 Å². The molecule has 0 bridgehead atoms. The predicted octanol–water partition coefficient (Wildman–Crippen LogP) is 2.56. The van der Waals surface area contributed by atoms with Gasteiger partial charge >= 0.3 is 0 Å². The van der Waals surface area contributed by atoms with E-state index in [-0.39, 0.29) is 6.61 Å². The van der Waals surface area contributed by atoms with Crippen molar-refractivity contribution in [2.75, 3.05) is 5.32 Å². The highest BCUT2D eigenvalue weighted by Crippen LogP contribution is 2.30. The topological polar surface area (TPSA) is 45.2 Å². The summed E-state index contributed by atoms with van der Waals surface area (Å²) in [4.78, 5) is 4.10. The Labute approximate surface area is 96.9 Å². The number of anilines is 1. The molecule has 1 aromatic heterocycles. The van der Waals surface area contributed by atoms with Crippen molar-refractivity contribution in [1.29, 1.82) is 0 Å². The smallest absolute Gasteiger partial charge is 0.0703 e. The highest BCUT2D eigenvalue weighted by Gasteiger charge is 2.23. The Hall–Kier alpha value is -1.09. The van der Waals surface area contributed by atoms with E-state index in [2.05, 4.69) is 17.2 Å². The van der Waals surface area contributed by atoms with E-state index in [0.717, 1.165) is 17.2 Å². The normalized spacial score (nSPS) is 24.6. The fourth-order valence-corrected chi connectivity index (χ4v) is 2.49. The fraction of sp³-hybridized carbons (Fsp3) is 0.615. The third kappa shape index (κ3) is 2.53. The van der Waals surface area contributed by atoms with E-state index >= 15 is 0 Å². The molecule has 2 N–H and O–H groups in total. The Bertz CT molecular complexity index is 340. The Balaban J connectivity index is 1.99. The zero-order valence-electron chi connectivity index (χ0n) is 9.82. The fourth-order valence-electron chi connectivity index (χ4n) is 2.49. The minimum atomic E-state index is 0.0782. The third-order valence-electron chi connectivity index (χ3n) is 3.56. The quantitative estimate of drug-likeness (QED) is 0.819. The molecule has 0 amide bonds. The van der Waals surface area contributed by atoms with Crippen LogP contribution >= 0.6 is 0 Å². The molecule has 88 valence electrons. The molecule has 0 spiro atoms. The number of pyridine rings is 1. The molecule has 2 atom stereocenters. The summed E-state index contributed by atoms with van der Waals surface area (Å²) in [6, 6.07) is 2.42. The molecule has 16 heavy (non-hydrogen) atoms.